The van der Waals surface area contributed by atoms with Crippen LogP contribution in [-0.4, -0.2) is 44.1 Å². The fourth-order valence-corrected chi connectivity index (χ4v) is 0.283. The molecule has 0 atom stereocenters. The van der Waals surface area contributed by atoms with Gasteiger partial charge in [0.1, 0.15) is 0 Å². The monoisotopic (exact) mass is 173 g/mol. The molecule has 3 N–H and O–H groups in total. The number of hydrogen-bond donors (Lipinski definition) is 3. The molecule has 0 aliphatic rings. The average Bonchev–Trinajstić information content (AvgIpc) is 1.88. The summed E-state index contributed by atoms with van der Waals surface area (Å²) in [7, 11) is -3.67. The van der Waals surface area contributed by atoms with Crippen LogP contribution in [0.1, 0.15) is 0 Å². The smallest absolute Gasteiger partial charge is 0.395 e. The molecule has 68 valence electrons. The van der Waals surface area contributed by atoms with Gasteiger partial charge in [0.05, 0.1) is 13.2 Å². The number of aliphatic hydroxyl groups excluding tert-OH is 2. The van der Waals surface area contributed by atoms with E-state index in [9.17, 15) is 12.9 Å². The highest BCUT2D eigenvalue weighted by Gasteiger charge is 2.06. The molecule has 0 unspecified atom stereocenters. The van der Waals surface area contributed by atoms with Gasteiger partial charge in [-0.05, 0) is 0 Å². The molecule has 7 heteroatoms. The van der Waals surface area contributed by atoms with Crippen molar-refractivity contribution < 1.29 is 23.2 Å². The van der Waals surface area contributed by atoms with Crippen LogP contribution in [0.4, 0.5) is 12.9 Å². The molecule has 0 rings (SSSR count). The quantitative estimate of drug-likeness (QED) is 0.394. The Bertz CT molecular complexity index is 62.5. The Morgan fingerprint density at radius 1 is 1.00 bits per heavy atom. The maximum Gasteiger partial charge on any atom is 0.762 e. The maximum atomic E-state index is 9.67. The van der Waals surface area contributed by atoms with E-state index in [2.05, 4.69) is 5.32 Å². The van der Waals surface area contributed by atoms with Crippen molar-refractivity contribution in [1.29, 1.82) is 0 Å². The molecule has 0 bridgehead atoms. The van der Waals surface area contributed by atoms with Gasteiger partial charge in [-0.15, -0.1) is 0 Å². The highest BCUT2D eigenvalue weighted by molar-refractivity contribution is 6.33. The highest BCUT2D eigenvalue weighted by Crippen LogP contribution is 1.80. The normalized spacial score (nSPS) is 8.45. The Hall–Kier alpha value is -0.265. The fraction of sp³-hybridized carbons (Fsp3) is 1.00. The molecule has 0 aromatic heterocycles. The van der Waals surface area contributed by atoms with Crippen molar-refractivity contribution in [1.82, 2.24) is 5.32 Å². The lowest BCUT2D eigenvalue weighted by Gasteiger charge is -1.94. The molecule has 0 radical (unpaired) electrons. The van der Waals surface area contributed by atoms with Crippen LogP contribution in [0.25, 0.3) is 0 Å². The molecular weight excluding hydrogens is 162 g/mol. The average molecular weight is 173 g/mol. The summed E-state index contributed by atoms with van der Waals surface area (Å²) < 4.78 is 29.0. The Balaban J connectivity index is 0. The summed E-state index contributed by atoms with van der Waals surface area (Å²) >= 11 is 0. The lowest BCUT2D eigenvalue weighted by Crippen LogP contribution is -2.21. The molecule has 0 amide bonds. The topological polar surface area (TPSA) is 52.5 Å². The molecule has 0 aromatic carbocycles. The van der Waals surface area contributed by atoms with E-state index < -0.39 is 7.54 Å². The minimum atomic E-state index is -3.67. The zero-order valence-corrected chi connectivity index (χ0v) is 5.93. The third kappa shape index (κ3) is 41.8. The number of aliphatic hydroxyl groups is 2. The van der Waals surface area contributed by atoms with E-state index in [4.69, 9.17) is 10.2 Å². The van der Waals surface area contributed by atoms with Crippen LogP contribution in [0, 0.1) is 0 Å². The van der Waals surface area contributed by atoms with E-state index in [0.29, 0.717) is 13.1 Å². The first kappa shape index (κ1) is 13.3. The minimum Gasteiger partial charge on any atom is -0.395 e. The highest BCUT2D eigenvalue weighted by atomic mass is 19.4. The van der Waals surface area contributed by atoms with Crippen LogP contribution in [0.3, 0.4) is 0 Å². The largest absolute Gasteiger partial charge is 0.762 e. The van der Waals surface area contributed by atoms with Gasteiger partial charge < -0.3 is 15.5 Å². The van der Waals surface area contributed by atoms with Crippen molar-refractivity contribution in [3.63, 3.8) is 0 Å². The Morgan fingerprint density at radius 2 is 1.27 bits per heavy atom. The van der Waals surface area contributed by atoms with Gasteiger partial charge in [-0.2, -0.15) is 0 Å². The predicted molar refractivity (Wildman–Crippen MR) is 36.1 cm³/mol. The van der Waals surface area contributed by atoms with Gasteiger partial charge in [0, 0.05) is 13.1 Å². The van der Waals surface area contributed by atoms with Gasteiger partial charge >= 0.3 is 7.54 Å². The standard InChI is InChI=1S/C4H11NO2.BF3/c6-3-1-5-2-4-7;2-1(3)4/h5-7H,1-4H2;. The van der Waals surface area contributed by atoms with Crippen molar-refractivity contribution in [2.75, 3.05) is 26.3 Å². The molecule has 3 nitrogen and oxygen atoms in total. The van der Waals surface area contributed by atoms with Gasteiger partial charge in [-0.1, -0.05) is 0 Å². The SMILES string of the molecule is FB(F)F.OCCNCCO. The van der Waals surface area contributed by atoms with Crippen LogP contribution in [0.2, 0.25) is 0 Å². The third-order valence-corrected chi connectivity index (χ3v) is 0.577. The van der Waals surface area contributed by atoms with E-state index in [1.807, 2.05) is 0 Å². The van der Waals surface area contributed by atoms with Gasteiger partial charge in [0.25, 0.3) is 0 Å². The summed E-state index contributed by atoms with van der Waals surface area (Å²) in [6, 6.07) is 0. The van der Waals surface area contributed by atoms with E-state index >= 15 is 0 Å². The Kier molecular flexibility index (Phi) is 15.0. The second-order valence-electron chi connectivity index (χ2n) is 1.44. The van der Waals surface area contributed by atoms with Crippen molar-refractivity contribution in [3.05, 3.63) is 0 Å². The van der Waals surface area contributed by atoms with E-state index in [0.717, 1.165) is 0 Å². The van der Waals surface area contributed by atoms with E-state index in [1.54, 1.807) is 0 Å². The van der Waals surface area contributed by atoms with Gasteiger partial charge in [-0.25, -0.2) is 0 Å². The van der Waals surface area contributed by atoms with Crippen molar-refractivity contribution in [2.45, 2.75) is 0 Å². The first-order valence-electron chi connectivity index (χ1n) is 2.99. The molecule has 0 fully saturated rings. The van der Waals surface area contributed by atoms with Gasteiger partial charge in [0.15, 0.2) is 0 Å². The molecule has 0 heterocycles. The summed E-state index contributed by atoms with van der Waals surface area (Å²) in [5, 5.41) is 19.1. The fourth-order valence-electron chi connectivity index (χ4n) is 0.283. The first-order chi connectivity index (χ1) is 5.15. The molecule has 0 saturated carbocycles. The summed E-state index contributed by atoms with van der Waals surface area (Å²) in [6.45, 7) is 1.42. The molecule has 0 aliphatic heterocycles. The van der Waals surface area contributed by atoms with Crippen LogP contribution in [0.5, 0.6) is 0 Å². The van der Waals surface area contributed by atoms with E-state index in [-0.39, 0.29) is 13.2 Å². The minimum absolute atomic E-state index is 0.139. The van der Waals surface area contributed by atoms with E-state index in [1.165, 1.54) is 0 Å². The number of hydrogen-bond acceptors (Lipinski definition) is 3. The van der Waals surface area contributed by atoms with Crippen LogP contribution >= 0.6 is 0 Å². The first-order valence-corrected chi connectivity index (χ1v) is 2.99. The third-order valence-electron chi connectivity index (χ3n) is 0.577. The second-order valence-corrected chi connectivity index (χ2v) is 1.44. The molecule has 0 aromatic rings. The molecule has 11 heavy (non-hydrogen) atoms. The lowest BCUT2D eigenvalue weighted by atomic mass is 10.5. The lowest BCUT2D eigenvalue weighted by molar-refractivity contribution is 0.266. The predicted octanol–water partition coefficient (Wildman–Crippen LogP) is -0.560. The molecule has 0 spiro atoms. The van der Waals surface area contributed by atoms with Crippen molar-refractivity contribution in [2.24, 2.45) is 0 Å². The van der Waals surface area contributed by atoms with Gasteiger partial charge in [-0.3, -0.25) is 12.9 Å². The summed E-state index contributed by atoms with van der Waals surface area (Å²) in [6.07, 6.45) is 0. The van der Waals surface area contributed by atoms with Gasteiger partial charge in [0.2, 0.25) is 0 Å². The summed E-state index contributed by atoms with van der Waals surface area (Å²) in [4.78, 5) is 0. The zero-order chi connectivity index (χ0) is 9.11. The maximum absolute atomic E-state index is 9.67. The molecule has 0 saturated heterocycles. The second kappa shape index (κ2) is 12.4. The van der Waals surface area contributed by atoms with Crippen LogP contribution in [-0.2, 0) is 0 Å². The number of halogens is 3. The molecule has 0 aliphatic carbocycles. The van der Waals surface area contributed by atoms with Crippen molar-refractivity contribution >= 4 is 7.54 Å². The van der Waals surface area contributed by atoms with Crippen LogP contribution in [0.15, 0.2) is 0 Å². The Morgan fingerprint density at radius 3 is 1.45 bits per heavy atom. The number of rotatable bonds is 4. The summed E-state index contributed by atoms with van der Waals surface area (Å²) in [5.74, 6) is 0. The van der Waals surface area contributed by atoms with Crippen molar-refractivity contribution in [3.8, 4) is 0 Å². The molecular formula is C4H11BF3NO2. The number of nitrogens with one attached hydrogen (secondary N) is 1. The van der Waals surface area contributed by atoms with Crippen LogP contribution < -0.4 is 5.32 Å². The zero-order valence-electron chi connectivity index (χ0n) is 5.93. The Labute approximate surface area is 63.4 Å². The summed E-state index contributed by atoms with van der Waals surface area (Å²) in [5.41, 5.74) is 0.